The van der Waals surface area contributed by atoms with E-state index in [2.05, 4.69) is 48.7 Å². The van der Waals surface area contributed by atoms with Gasteiger partial charge in [-0.25, -0.2) is 9.97 Å². The molecule has 0 saturated carbocycles. The number of hydrogen-bond donors (Lipinski definition) is 1. The van der Waals surface area contributed by atoms with Gasteiger partial charge in [0.25, 0.3) is 0 Å². The molecule has 2 aromatic rings. The van der Waals surface area contributed by atoms with Gasteiger partial charge in [-0.2, -0.15) is 0 Å². The zero-order chi connectivity index (χ0) is 15.1. The highest BCUT2D eigenvalue weighted by molar-refractivity contribution is 5.61. The number of hydrogen-bond acceptors (Lipinski definition) is 3. The molecule has 4 heteroatoms. The second-order valence-electron chi connectivity index (χ2n) is 6.17. The summed E-state index contributed by atoms with van der Waals surface area (Å²) in [6.07, 6.45) is 7.34. The zero-order valence-electron chi connectivity index (χ0n) is 13.1. The van der Waals surface area contributed by atoms with Crippen LogP contribution < -0.4 is 5.73 Å². The number of aryl methyl sites for hydroxylation is 1. The second-order valence-corrected chi connectivity index (χ2v) is 6.17. The number of imidazole rings is 1. The smallest absolute Gasteiger partial charge is 0.126 e. The van der Waals surface area contributed by atoms with Crippen LogP contribution in [0.3, 0.4) is 0 Å². The van der Waals surface area contributed by atoms with Crippen molar-refractivity contribution in [1.29, 1.82) is 0 Å². The van der Waals surface area contributed by atoms with Crippen molar-refractivity contribution in [2.24, 2.45) is 0 Å². The lowest BCUT2D eigenvalue weighted by Crippen LogP contribution is -2.18. The molecule has 0 aliphatic heterocycles. The first-order valence-corrected chi connectivity index (χ1v) is 7.45. The maximum atomic E-state index is 5.80. The minimum Gasteiger partial charge on any atom is -0.383 e. The molecular formula is C17H22N4. The van der Waals surface area contributed by atoms with E-state index in [1.165, 1.54) is 5.57 Å². The zero-order valence-corrected chi connectivity index (χ0v) is 13.1. The first-order valence-electron chi connectivity index (χ1n) is 7.45. The highest BCUT2D eigenvalue weighted by Crippen LogP contribution is 2.35. The van der Waals surface area contributed by atoms with Crippen LogP contribution >= 0.6 is 0 Å². The normalized spacial score (nSPS) is 17.8. The number of anilines is 1. The van der Waals surface area contributed by atoms with Gasteiger partial charge in [0.05, 0.1) is 11.7 Å². The molecule has 0 fully saturated rings. The van der Waals surface area contributed by atoms with E-state index < -0.39 is 0 Å². The van der Waals surface area contributed by atoms with E-state index in [4.69, 9.17) is 10.7 Å². The predicted molar refractivity (Wildman–Crippen MR) is 86.1 cm³/mol. The predicted octanol–water partition coefficient (Wildman–Crippen LogP) is 3.85. The van der Waals surface area contributed by atoms with Crippen LogP contribution in [0.4, 0.5) is 5.82 Å². The number of nitrogens with two attached hydrogens (primary N) is 1. The average Bonchev–Trinajstić information content (AvgIpc) is 2.85. The molecule has 0 bridgehead atoms. The fourth-order valence-electron chi connectivity index (χ4n) is 2.74. The summed E-state index contributed by atoms with van der Waals surface area (Å²) in [6.45, 7) is 8.54. The fraction of sp³-hybridized carbons (Fsp3) is 0.412. The molecule has 0 saturated heterocycles. The SMILES string of the molecule is CC1=CCC1n1cc(-c2cnc(N)c(C)c2)nc1C(C)C. The number of nitrogens with zero attached hydrogens (tertiary/aromatic N) is 3. The highest BCUT2D eigenvalue weighted by atomic mass is 15.1. The molecule has 0 spiro atoms. The summed E-state index contributed by atoms with van der Waals surface area (Å²) in [5.74, 6) is 2.12. The number of nitrogen functional groups attached to an aromatic ring is 1. The fourth-order valence-corrected chi connectivity index (χ4v) is 2.74. The number of pyridine rings is 1. The van der Waals surface area contributed by atoms with Gasteiger partial charge >= 0.3 is 0 Å². The first kappa shape index (κ1) is 13.9. The second kappa shape index (κ2) is 5.02. The maximum Gasteiger partial charge on any atom is 0.126 e. The molecule has 4 nitrogen and oxygen atoms in total. The van der Waals surface area contributed by atoms with Crippen molar-refractivity contribution in [3.63, 3.8) is 0 Å². The average molecular weight is 282 g/mol. The Bertz CT molecular complexity index is 710. The molecule has 1 unspecified atom stereocenters. The summed E-state index contributed by atoms with van der Waals surface area (Å²) in [7, 11) is 0. The molecule has 2 N–H and O–H groups in total. The van der Waals surface area contributed by atoms with Crippen LogP contribution in [0.15, 0.2) is 30.1 Å². The molecule has 0 aromatic carbocycles. The third-order valence-corrected chi connectivity index (χ3v) is 4.22. The molecule has 0 radical (unpaired) electrons. The minimum atomic E-state index is 0.398. The van der Waals surface area contributed by atoms with Crippen molar-refractivity contribution in [2.45, 2.75) is 46.1 Å². The van der Waals surface area contributed by atoms with E-state index >= 15 is 0 Å². The van der Waals surface area contributed by atoms with Crippen LogP contribution in [0, 0.1) is 6.92 Å². The van der Waals surface area contributed by atoms with Crippen LogP contribution in [0.5, 0.6) is 0 Å². The van der Waals surface area contributed by atoms with Gasteiger partial charge in [0.2, 0.25) is 0 Å². The lowest BCUT2D eigenvalue weighted by Gasteiger charge is -2.28. The summed E-state index contributed by atoms with van der Waals surface area (Å²) in [5, 5.41) is 0. The molecule has 1 aliphatic carbocycles. The lowest BCUT2D eigenvalue weighted by molar-refractivity contribution is 0.498. The summed E-state index contributed by atoms with van der Waals surface area (Å²) < 4.78 is 2.32. The van der Waals surface area contributed by atoms with Crippen LogP contribution in [0.2, 0.25) is 0 Å². The van der Waals surface area contributed by atoms with E-state index in [0.29, 0.717) is 17.8 Å². The molecule has 110 valence electrons. The largest absolute Gasteiger partial charge is 0.383 e. The Morgan fingerprint density at radius 1 is 1.33 bits per heavy atom. The van der Waals surface area contributed by atoms with Gasteiger partial charge in [-0.15, -0.1) is 0 Å². The molecule has 21 heavy (non-hydrogen) atoms. The standard InChI is InChI=1S/C17H22N4/c1-10(2)17-20-14(9-21(17)15-6-5-11(15)3)13-7-12(4)16(18)19-8-13/h5,7-10,15H,6H2,1-4H3,(H2,18,19). The monoisotopic (exact) mass is 282 g/mol. The Hall–Kier alpha value is -2.10. The van der Waals surface area contributed by atoms with Gasteiger partial charge in [-0.05, 0) is 31.9 Å². The maximum absolute atomic E-state index is 5.80. The lowest BCUT2D eigenvalue weighted by atomic mass is 9.93. The van der Waals surface area contributed by atoms with E-state index in [9.17, 15) is 0 Å². The Morgan fingerprint density at radius 3 is 2.62 bits per heavy atom. The summed E-state index contributed by atoms with van der Waals surface area (Å²) in [5.41, 5.74) is 10.2. The molecule has 2 heterocycles. The quantitative estimate of drug-likeness (QED) is 0.870. The summed E-state index contributed by atoms with van der Waals surface area (Å²) in [4.78, 5) is 9.09. The van der Waals surface area contributed by atoms with E-state index in [0.717, 1.165) is 29.1 Å². The van der Waals surface area contributed by atoms with Crippen LogP contribution in [0.25, 0.3) is 11.3 Å². The molecule has 3 rings (SSSR count). The molecule has 1 atom stereocenters. The highest BCUT2D eigenvalue weighted by Gasteiger charge is 2.24. The Labute approximate surface area is 125 Å². The van der Waals surface area contributed by atoms with Crippen LogP contribution in [-0.2, 0) is 0 Å². The van der Waals surface area contributed by atoms with Gasteiger partial charge in [-0.3, -0.25) is 0 Å². The molecular weight excluding hydrogens is 260 g/mol. The van der Waals surface area contributed by atoms with Crippen molar-refractivity contribution in [3.05, 3.63) is 41.5 Å². The van der Waals surface area contributed by atoms with Crippen molar-refractivity contribution < 1.29 is 0 Å². The van der Waals surface area contributed by atoms with Crippen LogP contribution in [-0.4, -0.2) is 14.5 Å². The van der Waals surface area contributed by atoms with E-state index in [1.807, 2.05) is 13.1 Å². The van der Waals surface area contributed by atoms with Crippen molar-refractivity contribution >= 4 is 5.82 Å². The molecule has 1 aliphatic rings. The van der Waals surface area contributed by atoms with Crippen LogP contribution in [0.1, 0.15) is 50.5 Å². The van der Waals surface area contributed by atoms with Crippen molar-refractivity contribution in [3.8, 4) is 11.3 Å². The van der Waals surface area contributed by atoms with Gasteiger partial charge < -0.3 is 10.3 Å². The minimum absolute atomic E-state index is 0.398. The van der Waals surface area contributed by atoms with Gasteiger partial charge in [-0.1, -0.05) is 25.5 Å². The van der Waals surface area contributed by atoms with Crippen molar-refractivity contribution in [2.75, 3.05) is 5.73 Å². The number of allylic oxidation sites excluding steroid dienone is 2. The van der Waals surface area contributed by atoms with Gasteiger partial charge in [0.1, 0.15) is 11.6 Å². The van der Waals surface area contributed by atoms with Crippen molar-refractivity contribution in [1.82, 2.24) is 14.5 Å². The van der Waals surface area contributed by atoms with Gasteiger partial charge in [0, 0.05) is 23.9 Å². The van der Waals surface area contributed by atoms with Gasteiger partial charge in [0.15, 0.2) is 0 Å². The first-order chi connectivity index (χ1) is 9.97. The number of rotatable bonds is 3. The Morgan fingerprint density at radius 2 is 2.10 bits per heavy atom. The third-order valence-electron chi connectivity index (χ3n) is 4.22. The Balaban J connectivity index is 2.05. The molecule has 2 aromatic heterocycles. The molecule has 0 amide bonds. The third kappa shape index (κ3) is 2.35. The summed E-state index contributed by atoms with van der Waals surface area (Å²) in [6, 6.07) is 2.52. The van der Waals surface area contributed by atoms with E-state index in [-0.39, 0.29) is 0 Å². The van der Waals surface area contributed by atoms with E-state index in [1.54, 1.807) is 0 Å². The number of aromatic nitrogens is 3. The Kier molecular flexibility index (Phi) is 3.32. The summed E-state index contributed by atoms with van der Waals surface area (Å²) >= 11 is 0. The topological polar surface area (TPSA) is 56.7 Å².